The molecular weight excluding hydrogens is 701 g/mol. The number of nitrogens with two attached hydrogens (primary N) is 1. The monoisotopic (exact) mass is 748 g/mol. The molecule has 1 atom stereocenters. The van der Waals surface area contributed by atoms with E-state index < -0.39 is 0 Å². The predicted octanol–water partition coefficient (Wildman–Crippen LogP) is 13.6. The Morgan fingerprint density at radius 1 is 0.500 bits per heavy atom. The molecule has 2 nitrogen and oxygen atoms in total. The minimum absolute atomic E-state index is 0.0855. The van der Waals surface area contributed by atoms with Gasteiger partial charge in [-0.2, -0.15) is 0 Å². The van der Waals surface area contributed by atoms with Gasteiger partial charge in [0.15, 0.2) is 0 Å². The van der Waals surface area contributed by atoms with Crippen molar-refractivity contribution in [2.24, 2.45) is 5.73 Å². The number of hydrogen-bond donors (Lipinski definition) is 2. The molecule has 282 valence electrons. The van der Waals surface area contributed by atoms with Crippen LogP contribution in [0.25, 0.3) is 61.0 Å². The highest BCUT2D eigenvalue weighted by Gasteiger charge is 2.38. The molecule has 0 spiro atoms. The van der Waals surface area contributed by atoms with Crippen molar-refractivity contribution in [3.05, 3.63) is 221 Å². The van der Waals surface area contributed by atoms with Gasteiger partial charge in [-0.15, -0.1) is 0 Å². The van der Waals surface area contributed by atoms with Gasteiger partial charge < -0.3 is 11.1 Å². The van der Waals surface area contributed by atoms with E-state index in [0.29, 0.717) is 6.54 Å². The molecule has 3 N–H and O–H groups in total. The Kier molecular flexibility index (Phi) is 8.58. The van der Waals surface area contributed by atoms with E-state index in [0.717, 1.165) is 16.8 Å². The third-order valence-electron chi connectivity index (χ3n) is 12.9. The van der Waals surface area contributed by atoms with E-state index in [1.807, 2.05) is 0 Å². The zero-order valence-electron chi connectivity index (χ0n) is 33.7. The summed E-state index contributed by atoms with van der Waals surface area (Å²) >= 11 is 0. The Hall–Kier alpha value is -6.48. The fourth-order valence-corrected chi connectivity index (χ4v) is 9.74. The lowest BCUT2D eigenvalue weighted by molar-refractivity contribution is 0.658. The Balaban J connectivity index is 1.02. The molecular formula is C56H48N2. The first-order valence-electron chi connectivity index (χ1n) is 20.6. The minimum atomic E-state index is -0.317. The maximum absolute atomic E-state index is 7.19. The standard InChI is InChI=1S/C56H48N2/c1-55(2)47-23-13-21-43(37-17-9-6-10-18-37)53(47)45-30-29-42(33-49(45)55)51(57)34-52(58-35-36-15-7-5-8-16-36)39-27-25-38(26-28-39)44-22-14-24-48-54(44)46-31-40-19-11-12-20-41(40)32-50(46)56(48,3)4/h5-34,51,58H,35,57H2,1-4H3/b52-34-. The molecule has 8 aromatic carbocycles. The van der Waals surface area contributed by atoms with E-state index in [4.69, 9.17) is 5.73 Å². The van der Waals surface area contributed by atoms with Gasteiger partial charge in [-0.25, -0.2) is 0 Å². The molecule has 2 heteroatoms. The summed E-state index contributed by atoms with van der Waals surface area (Å²) in [6, 6.07) is 64.0. The Morgan fingerprint density at radius 3 is 1.71 bits per heavy atom. The minimum Gasteiger partial charge on any atom is -0.381 e. The Bertz CT molecular complexity index is 2880. The van der Waals surface area contributed by atoms with E-state index in [1.165, 1.54) is 83.1 Å². The fourth-order valence-electron chi connectivity index (χ4n) is 9.74. The van der Waals surface area contributed by atoms with Gasteiger partial charge in [-0.05, 0) is 112 Å². The van der Waals surface area contributed by atoms with Crippen molar-refractivity contribution in [2.45, 2.75) is 51.1 Å². The lowest BCUT2D eigenvalue weighted by atomic mass is 9.81. The number of benzene rings is 8. The highest BCUT2D eigenvalue weighted by atomic mass is 14.9. The molecule has 0 saturated heterocycles. The van der Waals surface area contributed by atoms with E-state index in [-0.39, 0.29) is 16.9 Å². The zero-order valence-corrected chi connectivity index (χ0v) is 33.7. The smallest absolute Gasteiger partial charge is 0.0504 e. The third-order valence-corrected chi connectivity index (χ3v) is 12.9. The molecule has 0 amide bonds. The first kappa shape index (κ1) is 35.9. The molecule has 58 heavy (non-hydrogen) atoms. The number of fused-ring (bicyclic) bond motifs is 7. The Morgan fingerprint density at radius 2 is 1.05 bits per heavy atom. The maximum Gasteiger partial charge on any atom is 0.0504 e. The van der Waals surface area contributed by atoms with Crippen LogP contribution in [-0.4, -0.2) is 0 Å². The van der Waals surface area contributed by atoms with Gasteiger partial charge >= 0.3 is 0 Å². The van der Waals surface area contributed by atoms with Crippen molar-refractivity contribution in [3.8, 4) is 44.5 Å². The SMILES string of the molecule is CC1(C)c2cc(C(N)/C=C(\NCc3ccccc3)c3ccc(-c4cccc5c4-c4cc6ccccc6cc4C5(C)C)cc3)ccc2-c2c(-c3ccccc3)cccc21. The number of rotatable bonds is 8. The summed E-state index contributed by atoms with van der Waals surface area (Å²) < 4.78 is 0. The van der Waals surface area contributed by atoms with Crippen molar-refractivity contribution >= 4 is 16.5 Å². The van der Waals surface area contributed by atoms with Gasteiger partial charge in [0.25, 0.3) is 0 Å². The average molecular weight is 749 g/mol. The van der Waals surface area contributed by atoms with E-state index in [9.17, 15) is 0 Å². The summed E-state index contributed by atoms with van der Waals surface area (Å²) in [7, 11) is 0. The van der Waals surface area contributed by atoms with Crippen LogP contribution in [0.2, 0.25) is 0 Å². The van der Waals surface area contributed by atoms with Crippen molar-refractivity contribution in [1.82, 2.24) is 5.32 Å². The highest BCUT2D eigenvalue weighted by molar-refractivity contribution is 5.99. The fraction of sp³-hybridized carbons (Fsp3) is 0.143. The molecule has 0 aromatic heterocycles. The average Bonchev–Trinajstić information content (AvgIpc) is 3.63. The molecule has 0 saturated carbocycles. The van der Waals surface area contributed by atoms with Crippen LogP contribution in [0.1, 0.15) is 72.7 Å². The molecule has 0 aliphatic heterocycles. The van der Waals surface area contributed by atoms with Gasteiger partial charge in [0.05, 0.1) is 6.04 Å². The molecule has 8 aromatic rings. The van der Waals surface area contributed by atoms with E-state index in [2.05, 4.69) is 215 Å². The molecule has 0 fully saturated rings. The molecule has 2 aliphatic carbocycles. The summed E-state index contributed by atoms with van der Waals surface area (Å²) in [6.07, 6.45) is 2.20. The van der Waals surface area contributed by atoms with Crippen LogP contribution >= 0.6 is 0 Å². The normalized spacial score (nSPS) is 15.0. The van der Waals surface area contributed by atoms with Gasteiger partial charge in [0.2, 0.25) is 0 Å². The Labute approximate surface area is 342 Å². The molecule has 1 unspecified atom stereocenters. The lowest BCUT2D eigenvalue weighted by Gasteiger charge is -2.23. The second-order valence-electron chi connectivity index (χ2n) is 17.1. The lowest BCUT2D eigenvalue weighted by Crippen LogP contribution is -2.18. The number of hydrogen-bond acceptors (Lipinski definition) is 2. The molecule has 2 aliphatic rings. The maximum atomic E-state index is 7.19. The van der Waals surface area contributed by atoms with Crippen LogP contribution in [0.4, 0.5) is 0 Å². The van der Waals surface area contributed by atoms with Crippen molar-refractivity contribution in [2.75, 3.05) is 0 Å². The zero-order chi connectivity index (χ0) is 39.6. The number of nitrogens with one attached hydrogen (secondary N) is 1. The van der Waals surface area contributed by atoms with Crippen molar-refractivity contribution in [3.63, 3.8) is 0 Å². The van der Waals surface area contributed by atoms with Gasteiger partial charge in [-0.3, -0.25) is 0 Å². The second-order valence-corrected chi connectivity index (χ2v) is 17.1. The van der Waals surface area contributed by atoms with Crippen molar-refractivity contribution < 1.29 is 0 Å². The van der Waals surface area contributed by atoms with Crippen LogP contribution in [-0.2, 0) is 17.4 Å². The summed E-state index contributed by atoms with van der Waals surface area (Å²) in [4.78, 5) is 0. The van der Waals surface area contributed by atoms with Crippen LogP contribution in [0.5, 0.6) is 0 Å². The van der Waals surface area contributed by atoms with Crippen LogP contribution in [0, 0.1) is 0 Å². The predicted molar refractivity (Wildman–Crippen MR) is 245 cm³/mol. The third kappa shape index (κ3) is 5.90. The van der Waals surface area contributed by atoms with E-state index >= 15 is 0 Å². The van der Waals surface area contributed by atoms with Gasteiger partial charge in [0.1, 0.15) is 0 Å². The summed E-state index contributed by atoms with van der Waals surface area (Å²) in [5, 5.41) is 6.35. The first-order chi connectivity index (χ1) is 28.2. The van der Waals surface area contributed by atoms with Crippen molar-refractivity contribution in [1.29, 1.82) is 0 Å². The molecule has 0 bridgehead atoms. The first-order valence-corrected chi connectivity index (χ1v) is 20.6. The quantitative estimate of drug-likeness (QED) is 0.162. The highest BCUT2D eigenvalue weighted by Crippen LogP contribution is 2.54. The van der Waals surface area contributed by atoms with Gasteiger partial charge in [-0.1, -0.05) is 191 Å². The van der Waals surface area contributed by atoms with Crippen LogP contribution in [0.3, 0.4) is 0 Å². The summed E-state index contributed by atoms with van der Waals surface area (Å²) in [6.45, 7) is 10.1. The second kappa shape index (κ2) is 13.9. The molecule has 0 radical (unpaired) electrons. The molecule has 0 heterocycles. The van der Waals surface area contributed by atoms with Gasteiger partial charge in [0, 0.05) is 23.1 Å². The summed E-state index contributed by atoms with van der Waals surface area (Å²) in [5.41, 5.74) is 27.2. The topological polar surface area (TPSA) is 38.0 Å². The van der Waals surface area contributed by atoms with Crippen LogP contribution < -0.4 is 11.1 Å². The summed E-state index contributed by atoms with van der Waals surface area (Å²) in [5.74, 6) is 0. The van der Waals surface area contributed by atoms with E-state index in [1.54, 1.807) is 0 Å². The van der Waals surface area contributed by atoms with Crippen LogP contribution in [0.15, 0.2) is 182 Å². The molecule has 10 rings (SSSR count). The largest absolute Gasteiger partial charge is 0.381 e.